The van der Waals surface area contributed by atoms with Crippen molar-refractivity contribution in [1.82, 2.24) is 4.90 Å². The van der Waals surface area contributed by atoms with Crippen molar-refractivity contribution < 1.29 is 9.90 Å². The molecule has 3 rings (SSSR count). The highest BCUT2D eigenvalue weighted by atomic mass is 16.3. The Morgan fingerprint density at radius 2 is 1.88 bits per heavy atom. The third kappa shape index (κ3) is 3.36. The molecule has 2 unspecified atom stereocenters. The zero-order chi connectivity index (χ0) is 17.3. The van der Waals surface area contributed by atoms with Gasteiger partial charge in [-0.3, -0.25) is 4.79 Å². The number of amides is 1. The van der Waals surface area contributed by atoms with Gasteiger partial charge in [0.05, 0.1) is 5.60 Å². The van der Waals surface area contributed by atoms with Crippen LogP contribution < -0.4 is 0 Å². The van der Waals surface area contributed by atoms with Crippen LogP contribution in [0.2, 0.25) is 0 Å². The Morgan fingerprint density at radius 1 is 1.21 bits per heavy atom. The molecule has 1 heterocycles. The van der Waals surface area contributed by atoms with E-state index in [2.05, 4.69) is 31.2 Å². The summed E-state index contributed by atoms with van der Waals surface area (Å²) in [6, 6.07) is 16.2. The lowest BCUT2D eigenvalue weighted by Gasteiger charge is -2.21. The molecule has 1 saturated heterocycles. The largest absolute Gasteiger partial charge is 0.388 e. The molecule has 126 valence electrons. The molecule has 2 aromatic rings. The summed E-state index contributed by atoms with van der Waals surface area (Å²) in [6.07, 6.45) is 0.738. The zero-order valence-corrected chi connectivity index (χ0v) is 14.6. The van der Waals surface area contributed by atoms with E-state index in [1.54, 1.807) is 4.90 Å². The van der Waals surface area contributed by atoms with Crippen molar-refractivity contribution in [3.63, 3.8) is 0 Å². The second-order valence-electron chi connectivity index (χ2n) is 7.26. The number of aryl methyl sites for hydroxylation is 1. The summed E-state index contributed by atoms with van der Waals surface area (Å²) < 4.78 is 0. The molecule has 1 fully saturated rings. The fourth-order valence-corrected chi connectivity index (χ4v) is 3.27. The fraction of sp³-hybridized carbons (Fsp3) is 0.381. The average molecular weight is 323 g/mol. The van der Waals surface area contributed by atoms with Gasteiger partial charge in [0.1, 0.15) is 0 Å². The van der Waals surface area contributed by atoms with Crippen molar-refractivity contribution in [3.05, 3.63) is 70.8 Å². The molecule has 2 aromatic carbocycles. The number of hydrogen-bond donors (Lipinski definition) is 1. The molecule has 1 amide bonds. The minimum atomic E-state index is -0.804. The van der Waals surface area contributed by atoms with Gasteiger partial charge in [0.2, 0.25) is 0 Å². The van der Waals surface area contributed by atoms with Crippen molar-refractivity contribution in [2.45, 2.75) is 32.8 Å². The summed E-state index contributed by atoms with van der Waals surface area (Å²) in [5.41, 5.74) is 3.40. The van der Waals surface area contributed by atoms with Crippen molar-refractivity contribution in [2.75, 3.05) is 13.1 Å². The number of rotatable bonds is 3. The standard InChI is InChI=1S/C21H25NO2/c1-15-8-10-17(11-9-15)12-18-6-4-5-7-19(18)20(23)22-13-16(2)21(3,24)14-22/h4-11,16,24H,12-14H2,1-3H3. The van der Waals surface area contributed by atoms with Crippen LogP contribution in [0.25, 0.3) is 0 Å². The Labute approximate surface area is 143 Å². The summed E-state index contributed by atoms with van der Waals surface area (Å²) in [6.45, 7) is 6.87. The zero-order valence-electron chi connectivity index (χ0n) is 14.6. The van der Waals surface area contributed by atoms with Gasteiger partial charge >= 0.3 is 0 Å². The van der Waals surface area contributed by atoms with Crippen molar-refractivity contribution >= 4 is 5.91 Å². The number of benzene rings is 2. The summed E-state index contributed by atoms with van der Waals surface area (Å²) >= 11 is 0. The van der Waals surface area contributed by atoms with Crippen molar-refractivity contribution in [3.8, 4) is 0 Å². The number of hydrogen-bond acceptors (Lipinski definition) is 2. The maximum absolute atomic E-state index is 13.0. The molecule has 24 heavy (non-hydrogen) atoms. The molecule has 2 atom stereocenters. The molecule has 0 spiro atoms. The molecular weight excluding hydrogens is 298 g/mol. The number of carbonyl (C=O) groups is 1. The van der Waals surface area contributed by atoms with Crippen LogP contribution >= 0.6 is 0 Å². The maximum Gasteiger partial charge on any atom is 0.254 e. The number of likely N-dealkylation sites (tertiary alicyclic amines) is 1. The highest BCUT2D eigenvalue weighted by Gasteiger charge is 2.40. The van der Waals surface area contributed by atoms with Crippen LogP contribution in [-0.2, 0) is 6.42 Å². The van der Waals surface area contributed by atoms with E-state index in [0.29, 0.717) is 13.1 Å². The molecule has 1 N–H and O–H groups in total. The van der Waals surface area contributed by atoms with E-state index < -0.39 is 5.60 Å². The number of aliphatic hydroxyl groups is 1. The van der Waals surface area contributed by atoms with Crippen LogP contribution in [0.15, 0.2) is 48.5 Å². The van der Waals surface area contributed by atoms with E-state index in [0.717, 1.165) is 17.5 Å². The average Bonchev–Trinajstić information content (AvgIpc) is 2.83. The Bertz CT molecular complexity index is 734. The first-order valence-corrected chi connectivity index (χ1v) is 8.52. The van der Waals surface area contributed by atoms with Gasteiger partial charge in [0, 0.05) is 24.6 Å². The van der Waals surface area contributed by atoms with Crippen LogP contribution in [0.4, 0.5) is 0 Å². The van der Waals surface area contributed by atoms with Gasteiger partial charge in [-0.1, -0.05) is 55.0 Å². The number of nitrogens with zero attached hydrogens (tertiary/aromatic N) is 1. The lowest BCUT2D eigenvalue weighted by atomic mass is 9.95. The van der Waals surface area contributed by atoms with E-state index in [1.807, 2.05) is 38.1 Å². The summed E-state index contributed by atoms with van der Waals surface area (Å²) in [4.78, 5) is 14.7. The second kappa shape index (κ2) is 6.40. The summed E-state index contributed by atoms with van der Waals surface area (Å²) in [5, 5.41) is 10.4. The van der Waals surface area contributed by atoms with Gasteiger partial charge in [-0.2, -0.15) is 0 Å². The van der Waals surface area contributed by atoms with Crippen LogP contribution in [0.5, 0.6) is 0 Å². The van der Waals surface area contributed by atoms with Crippen LogP contribution in [0.1, 0.15) is 40.9 Å². The molecular formula is C21H25NO2. The van der Waals surface area contributed by atoms with E-state index in [-0.39, 0.29) is 11.8 Å². The Hall–Kier alpha value is -2.13. The molecule has 0 aliphatic carbocycles. The first-order chi connectivity index (χ1) is 11.4. The van der Waals surface area contributed by atoms with Gasteiger partial charge in [0.25, 0.3) is 5.91 Å². The van der Waals surface area contributed by atoms with E-state index in [1.165, 1.54) is 11.1 Å². The lowest BCUT2D eigenvalue weighted by Crippen LogP contribution is -2.35. The smallest absolute Gasteiger partial charge is 0.254 e. The third-order valence-corrected chi connectivity index (χ3v) is 5.12. The molecule has 0 bridgehead atoms. The Kier molecular flexibility index (Phi) is 4.46. The van der Waals surface area contributed by atoms with Crippen LogP contribution in [0, 0.1) is 12.8 Å². The van der Waals surface area contributed by atoms with E-state index >= 15 is 0 Å². The van der Waals surface area contributed by atoms with Crippen molar-refractivity contribution in [2.24, 2.45) is 5.92 Å². The summed E-state index contributed by atoms with van der Waals surface area (Å²) in [7, 11) is 0. The monoisotopic (exact) mass is 323 g/mol. The SMILES string of the molecule is Cc1ccc(Cc2ccccc2C(=O)N2CC(C)C(C)(O)C2)cc1. The number of β-amino-alcohol motifs (C(OH)–C–C–N with tert-alkyl or cyclic N) is 1. The molecule has 0 radical (unpaired) electrons. The van der Waals surface area contributed by atoms with Gasteiger partial charge in [-0.25, -0.2) is 0 Å². The van der Waals surface area contributed by atoms with Crippen LogP contribution in [-0.4, -0.2) is 34.6 Å². The predicted molar refractivity (Wildman–Crippen MR) is 96.1 cm³/mol. The molecule has 3 nitrogen and oxygen atoms in total. The molecule has 1 aliphatic rings. The molecule has 1 aliphatic heterocycles. The van der Waals surface area contributed by atoms with Gasteiger partial charge < -0.3 is 10.0 Å². The van der Waals surface area contributed by atoms with Gasteiger partial charge in [-0.15, -0.1) is 0 Å². The second-order valence-corrected chi connectivity index (χ2v) is 7.26. The van der Waals surface area contributed by atoms with E-state index in [4.69, 9.17) is 0 Å². The molecule has 0 saturated carbocycles. The van der Waals surface area contributed by atoms with Crippen molar-refractivity contribution in [1.29, 1.82) is 0 Å². The quantitative estimate of drug-likeness (QED) is 0.940. The molecule has 3 heteroatoms. The summed E-state index contributed by atoms with van der Waals surface area (Å²) in [5.74, 6) is 0.105. The van der Waals surface area contributed by atoms with Crippen LogP contribution in [0.3, 0.4) is 0 Å². The minimum Gasteiger partial charge on any atom is -0.388 e. The normalized spacial score (nSPS) is 23.5. The fourth-order valence-electron chi connectivity index (χ4n) is 3.27. The highest BCUT2D eigenvalue weighted by molar-refractivity contribution is 5.96. The highest BCUT2D eigenvalue weighted by Crippen LogP contribution is 2.28. The predicted octanol–water partition coefficient (Wildman–Crippen LogP) is 3.43. The third-order valence-electron chi connectivity index (χ3n) is 5.12. The maximum atomic E-state index is 13.0. The topological polar surface area (TPSA) is 40.5 Å². The Balaban J connectivity index is 1.84. The van der Waals surface area contributed by atoms with Gasteiger partial charge in [-0.05, 0) is 37.5 Å². The lowest BCUT2D eigenvalue weighted by molar-refractivity contribution is 0.0351. The number of carbonyl (C=O) groups excluding carboxylic acids is 1. The first kappa shape index (κ1) is 16.7. The van der Waals surface area contributed by atoms with Gasteiger partial charge in [0.15, 0.2) is 0 Å². The minimum absolute atomic E-state index is 0.0161. The first-order valence-electron chi connectivity index (χ1n) is 8.52. The molecule has 0 aromatic heterocycles. The van der Waals surface area contributed by atoms with E-state index in [9.17, 15) is 9.90 Å². The Morgan fingerprint density at radius 3 is 2.50 bits per heavy atom.